The molecule has 0 aliphatic heterocycles. The fourth-order valence-corrected chi connectivity index (χ4v) is 1.55. The quantitative estimate of drug-likeness (QED) is 0.582. The van der Waals surface area contributed by atoms with Crippen molar-refractivity contribution in [3.05, 3.63) is 41.5 Å². The molecular weight excluding hydrogens is 202 g/mol. The van der Waals surface area contributed by atoms with Gasteiger partial charge in [-0.15, -0.1) is 0 Å². The van der Waals surface area contributed by atoms with E-state index in [1.807, 2.05) is 26.0 Å². The first-order valence-electron chi connectivity index (χ1n) is 4.93. The summed E-state index contributed by atoms with van der Waals surface area (Å²) in [4.78, 5) is 4.23. The van der Waals surface area contributed by atoms with E-state index in [0.717, 1.165) is 17.3 Å². The van der Waals surface area contributed by atoms with Crippen molar-refractivity contribution in [1.29, 1.82) is 5.41 Å². The third-order valence-electron chi connectivity index (χ3n) is 2.30. The summed E-state index contributed by atoms with van der Waals surface area (Å²) in [5, 5.41) is 11.6. The van der Waals surface area contributed by atoms with E-state index in [1.165, 1.54) is 0 Å². The lowest BCUT2D eigenvalue weighted by molar-refractivity contribution is 0.831. The number of nitrogens with zero attached hydrogens (tertiary/aromatic N) is 3. The highest BCUT2D eigenvalue weighted by Gasteiger charge is 2.05. The average molecular weight is 215 g/mol. The largest absolute Gasteiger partial charge is 0.384 e. The normalized spacial score (nSPS) is 10.4. The molecule has 3 N–H and O–H groups in total. The van der Waals surface area contributed by atoms with Gasteiger partial charge in [0, 0.05) is 5.56 Å². The van der Waals surface area contributed by atoms with Gasteiger partial charge in [-0.1, -0.05) is 0 Å². The maximum absolute atomic E-state index is 7.30. The fraction of sp³-hybridized carbons (Fsp3) is 0.182. The van der Waals surface area contributed by atoms with E-state index in [-0.39, 0.29) is 5.84 Å². The Morgan fingerprint density at radius 1 is 1.25 bits per heavy atom. The molecule has 0 saturated heterocycles. The van der Waals surface area contributed by atoms with E-state index in [0.29, 0.717) is 5.56 Å². The molecule has 1 aromatic heterocycles. The van der Waals surface area contributed by atoms with E-state index in [2.05, 4.69) is 10.1 Å². The first-order chi connectivity index (χ1) is 7.58. The number of nitrogen functional groups attached to an aromatic ring is 1. The Bertz CT molecular complexity index is 524. The van der Waals surface area contributed by atoms with Crippen LogP contribution in [0.5, 0.6) is 0 Å². The van der Waals surface area contributed by atoms with Gasteiger partial charge in [-0.2, -0.15) is 5.10 Å². The highest BCUT2D eigenvalue weighted by molar-refractivity contribution is 5.95. The lowest BCUT2D eigenvalue weighted by Gasteiger charge is -2.04. The molecule has 2 aromatic rings. The molecule has 5 heteroatoms. The van der Waals surface area contributed by atoms with Gasteiger partial charge in [-0.25, -0.2) is 9.67 Å². The van der Waals surface area contributed by atoms with Gasteiger partial charge in [0.15, 0.2) is 0 Å². The molecule has 1 heterocycles. The molecule has 0 atom stereocenters. The summed E-state index contributed by atoms with van der Waals surface area (Å²) < 4.78 is 1.76. The van der Waals surface area contributed by atoms with Gasteiger partial charge in [0.2, 0.25) is 0 Å². The van der Waals surface area contributed by atoms with Crippen LogP contribution in [-0.2, 0) is 0 Å². The predicted molar refractivity (Wildman–Crippen MR) is 61.8 cm³/mol. The van der Waals surface area contributed by atoms with Crippen LogP contribution in [0.2, 0.25) is 0 Å². The average Bonchev–Trinajstić information content (AvgIpc) is 2.58. The molecule has 2 rings (SSSR count). The molecule has 0 aliphatic carbocycles. The van der Waals surface area contributed by atoms with Crippen LogP contribution < -0.4 is 5.73 Å². The Morgan fingerprint density at radius 2 is 1.88 bits per heavy atom. The Hall–Kier alpha value is -2.17. The van der Waals surface area contributed by atoms with E-state index < -0.39 is 0 Å². The Morgan fingerprint density at radius 3 is 2.31 bits per heavy atom. The molecule has 0 radical (unpaired) electrons. The monoisotopic (exact) mass is 215 g/mol. The van der Waals surface area contributed by atoms with Gasteiger partial charge < -0.3 is 5.73 Å². The number of hydrogen-bond acceptors (Lipinski definition) is 3. The van der Waals surface area contributed by atoms with Crippen LogP contribution in [-0.4, -0.2) is 20.6 Å². The van der Waals surface area contributed by atoms with Crippen molar-refractivity contribution in [3.8, 4) is 5.69 Å². The van der Waals surface area contributed by atoms with Crippen LogP contribution in [0.1, 0.15) is 17.2 Å². The van der Waals surface area contributed by atoms with E-state index >= 15 is 0 Å². The Labute approximate surface area is 93.4 Å². The first kappa shape index (κ1) is 10.4. The number of aromatic nitrogens is 3. The molecule has 1 aromatic carbocycles. The van der Waals surface area contributed by atoms with Crippen molar-refractivity contribution >= 4 is 5.84 Å². The van der Waals surface area contributed by atoms with Crippen molar-refractivity contribution in [2.45, 2.75) is 13.8 Å². The zero-order chi connectivity index (χ0) is 11.7. The second kappa shape index (κ2) is 3.77. The molecule has 0 spiro atoms. The lowest BCUT2D eigenvalue weighted by Crippen LogP contribution is -2.11. The summed E-state index contributed by atoms with van der Waals surface area (Å²) in [6.07, 6.45) is 0. The molecule has 0 bridgehead atoms. The van der Waals surface area contributed by atoms with Crippen LogP contribution in [0.25, 0.3) is 5.69 Å². The zero-order valence-corrected chi connectivity index (χ0v) is 9.23. The van der Waals surface area contributed by atoms with Crippen molar-refractivity contribution in [2.24, 2.45) is 5.73 Å². The smallest absolute Gasteiger partial charge is 0.148 e. The third kappa shape index (κ3) is 1.79. The van der Waals surface area contributed by atoms with Crippen molar-refractivity contribution in [3.63, 3.8) is 0 Å². The highest BCUT2D eigenvalue weighted by atomic mass is 15.3. The third-order valence-corrected chi connectivity index (χ3v) is 2.30. The van der Waals surface area contributed by atoms with Crippen molar-refractivity contribution in [2.75, 3.05) is 0 Å². The van der Waals surface area contributed by atoms with E-state index in [4.69, 9.17) is 11.1 Å². The summed E-state index contributed by atoms with van der Waals surface area (Å²) in [5.74, 6) is 1.65. The van der Waals surface area contributed by atoms with Gasteiger partial charge in [0.1, 0.15) is 17.5 Å². The minimum absolute atomic E-state index is 0.0676. The molecule has 0 fully saturated rings. The summed E-state index contributed by atoms with van der Waals surface area (Å²) in [6, 6.07) is 7.35. The minimum atomic E-state index is 0.0676. The standard InChI is InChI=1S/C11H13N5/c1-7-14-8(2)16(15-7)10-5-3-9(4-6-10)11(12)13/h3-6H,1-2H3,(H3,12,13). The second-order valence-electron chi connectivity index (χ2n) is 3.58. The number of nitrogens with two attached hydrogens (primary N) is 1. The van der Waals surface area contributed by atoms with Gasteiger partial charge in [0.05, 0.1) is 5.69 Å². The van der Waals surface area contributed by atoms with Crippen LogP contribution >= 0.6 is 0 Å². The van der Waals surface area contributed by atoms with E-state index in [9.17, 15) is 0 Å². The fourth-order valence-electron chi connectivity index (χ4n) is 1.55. The van der Waals surface area contributed by atoms with Crippen LogP contribution in [0, 0.1) is 19.3 Å². The minimum Gasteiger partial charge on any atom is -0.384 e. The van der Waals surface area contributed by atoms with Gasteiger partial charge in [-0.3, -0.25) is 5.41 Å². The first-order valence-corrected chi connectivity index (χ1v) is 4.93. The van der Waals surface area contributed by atoms with Crippen molar-refractivity contribution in [1.82, 2.24) is 14.8 Å². The van der Waals surface area contributed by atoms with E-state index in [1.54, 1.807) is 16.8 Å². The summed E-state index contributed by atoms with van der Waals surface area (Å²) in [7, 11) is 0. The summed E-state index contributed by atoms with van der Waals surface area (Å²) in [6.45, 7) is 3.76. The lowest BCUT2D eigenvalue weighted by atomic mass is 10.2. The number of aryl methyl sites for hydroxylation is 2. The Balaban J connectivity index is 2.42. The van der Waals surface area contributed by atoms with Crippen LogP contribution in [0.3, 0.4) is 0 Å². The van der Waals surface area contributed by atoms with Crippen LogP contribution in [0.4, 0.5) is 0 Å². The predicted octanol–water partition coefficient (Wildman–Crippen LogP) is 1.17. The summed E-state index contributed by atoms with van der Waals surface area (Å²) in [5.41, 5.74) is 7.01. The Kier molecular flexibility index (Phi) is 2.44. The molecular formula is C11H13N5. The molecule has 16 heavy (non-hydrogen) atoms. The number of amidine groups is 1. The van der Waals surface area contributed by atoms with Gasteiger partial charge >= 0.3 is 0 Å². The molecule has 82 valence electrons. The topological polar surface area (TPSA) is 80.6 Å². The molecule has 0 unspecified atom stereocenters. The molecule has 0 aliphatic rings. The maximum Gasteiger partial charge on any atom is 0.148 e. The SMILES string of the molecule is Cc1nc(C)n(-c2ccc(C(=N)N)cc2)n1. The maximum atomic E-state index is 7.30. The second-order valence-corrected chi connectivity index (χ2v) is 3.58. The van der Waals surface area contributed by atoms with Gasteiger partial charge in [-0.05, 0) is 38.1 Å². The summed E-state index contributed by atoms with van der Waals surface area (Å²) >= 11 is 0. The molecule has 0 amide bonds. The highest BCUT2D eigenvalue weighted by Crippen LogP contribution is 2.10. The zero-order valence-electron chi connectivity index (χ0n) is 9.23. The number of rotatable bonds is 2. The number of benzene rings is 1. The molecule has 5 nitrogen and oxygen atoms in total. The number of nitrogens with one attached hydrogen (secondary N) is 1. The molecule has 0 saturated carbocycles. The number of hydrogen-bond donors (Lipinski definition) is 2. The van der Waals surface area contributed by atoms with Gasteiger partial charge in [0.25, 0.3) is 0 Å². The van der Waals surface area contributed by atoms with Crippen molar-refractivity contribution < 1.29 is 0 Å². The van der Waals surface area contributed by atoms with Crippen LogP contribution in [0.15, 0.2) is 24.3 Å².